The third-order valence-corrected chi connectivity index (χ3v) is 11.5. The lowest BCUT2D eigenvalue weighted by Crippen LogP contribution is -1.94. The minimum Gasteiger partial charge on any atom is -0.308 e. The summed E-state index contributed by atoms with van der Waals surface area (Å²) < 4.78 is 5.19. The van der Waals surface area contributed by atoms with Crippen molar-refractivity contribution < 1.29 is 0 Å². The molecule has 9 aromatic carbocycles. The number of thiophene rings is 1. The number of hydrogen-bond donors (Lipinski definition) is 0. The maximum absolute atomic E-state index is 2.52. The summed E-state index contributed by atoms with van der Waals surface area (Å²) >= 11 is 1.92. The minimum absolute atomic E-state index is 1.17. The number of nitrogens with zero attached hydrogens (tertiary/aromatic N) is 1. The highest BCUT2D eigenvalue weighted by Gasteiger charge is 2.24. The van der Waals surface area contributed by atoms with Crippen molar-refractivity contribution in [2.45, 2.75) is 0 Å². The first kappa shape index (κ1) is 26.1. The van der Waals surface area contributed by atoms with Gasteiger partial charge in [0.1, 0.15) is 0 Å². The van der Waals surface area contributed by atoms with Crippen LogP contribution >= 0.6 is 11.3 Å². The average Bonchev–Trinajstić information content (AvgIpc) is 3.71. The summed E-state index contributed by atoms with van der Waals surface area (Å²) in [5.74, 6) is 0. The summed E-state index contributed by atoms with van der Waals surface area (Å²) in [5, 5.41) is 15.8. The van der Waals surface area contributed by atoms with Crippen LogP contribution in [0.3, 0.4) is 0 Å². The number of fused-ring (bicyclic) bond motifs is 16. The molecule has 1 nitrogen and oxygen atoms in total. The molecular weight excluding hydrogens is 599 g/mol. The molecule has 0 amide bonds. The molecule has 222 valence electrons. The predicted octanol–water partition coefficient (Wildman–Crippen LogP) is 13.4. The number of para-hydroxylation sites is 1. The van der Waals surface area contributed by atoms with Crippen LogP contribution in [0.2, 0.25) is 0 Å². The maximum atomic E-state index is 2.52. The van der Waals surface area contributed by atoms with E-state index in [1.165, 1.54) is 102 Å². The Bertz CT molecular complexity index is 3100. The quantitative estimate of drug-likeness (QED) is 0.168. The van der Waals surface area contributed by atoms with E-state index in [1.54, 1.807) is 0 Å². The molecule has 0 radical (unpaired) electrons. The lowest BCUT2D eigenvalue weighted by Gasteiger charge is -2.15. The van der Waals surface area contributed by atoms with E-state index in [2.05, 4.69) is 168 Å². The van der Waals surface area contributed by atoms with Gasteiger partial charge in [0.15, 0.2) is 0 Å². The van der Waals surface area contributed by atoms with E-state index in [0.717, 1.165) is 0 Å². The summed E-state index contributed by atoms with van der Waals surface area (Å²) in [6.45, 7) is 0. The normalized spacial score (nSPS) is 12.2. The van der Waals surface area contributed by atoms with Crippen molar-refractivity contribution >= 4 is 96.4 Å². The van der Waals surface area contributed by atoms with E-state index < -0.39 is 0 Å². The fraction of sp³-hybridized carbons (Fsp3) is 0. The highest BCUT2D eigenvalue weighted by Crippen LogP contribution is 2.51. The van der Waals surface area contributed by atoms with Gasteiger partial charge in [0, 0.05) is 42.7 Å². The summed E-state index contributed by atoms with van der Waals surface area (Å²) in [5.41, 5.74) is 6.15. The molecular formula is C46H27NS. The molecule has 0 unspecified atom stereocenters. The molecule has 0 N–H and O–H groups in total. The lowest BCUT2D eigenvalue weighted by atomic mass is 9.89. The molecule has 11 rings (SSSR count). The van der Waals surface area contributed by atoms with Crippen LogP contribution in [0.4, 0.5) is 0 Å². The molecule has 48 heavy (non-hydrogen) atoms. The predicted molar refractivity (Wildman–Crippen MR) is 209 cm³/mol. The van der Waals surface area contributed by atoms with Crippen LogP contribution in [-0.2, 0) is 0 Å². The lowest BCUT2D eigenvalue weighted by molar-refractivity contribution is 1.19. The largest absolute Gasteiger partial charge is 0.308 e. The zero-order chi connectivity index (χ0) is 31.3. The van der Waals surface area contributed by atoms with E-state index >= 15 is 0 Å². The molecule has 0 aliphatic rings. The Morgan fingerprint density at radius 1 is 0.375 bits per heavy atom. The molecule has 0 fully saturated rings. The highest BCUT2D eigenvalue weighted by molar-refractivity contribution is 7.27. The minimum atomic E-state index is 1.17. The summed E-state index contributed by atoms with van der Waals surface area (Å²) in [6.07, 6.45) is 0. The standard InChI is InChI=1S/C46H27NS/c1-2-12-30-27-31(22-21-28(30)11-1)29-23-25-32(26-24-29)47-39-19-9-7-17-37(39)43-41-35-15-5-3-13-33(35)34-14-4-6-16-36(34)42(41)44-38-18-8-10-20-40(38)48-46(44)45(43)47/h1-27H. The second-order valence-corrected chi connectivity index (χ2v) is 13.9. The van der Waals surface area contributed by atoms with Crippen molar-refractivity contribution in [1.29, 1.82) is 0 Å². The third kappa shape index (κ3) is 3.50. The van der Waals surface area contributed by atoms with Gasteiger partial charge >= 0.3 is 0 Å². The van der Waals surface area contributed by atoms with Gasteiger partial charge in [-0.15, -0.1) is 11.3 Å². The molecule has 0 aliphatic carbocycles. The van der Waals surface area contributed by atoms with Gasteiger partial charge in [-0.1, -0.05) is 133 Å². The van der Waals surface area contributed by atoms with E-state index in [-0.39, 0.29) is 0 Å². The Kier molecular flexibility index (Phi) is 5.32. The second kappa shape index (κ2) is 9.78. The monoisotopic (exact) mass is 625 g/mol. The first-order chi connectivity index (χ1) is 23.8. The van der Waals surface area contributed by atoms with Crippen LogP contribution in [0.1, 0.15) is 0 Å². The number of aromatic nitrogens is 1. The van der Waals surface area contributed by atoms with Gasteiger partial charge in [-0.3, -0.25) is 0 Å². The van der Waals surface area contributed by atoms with Crippen molar-refractivity contribution in [2.75, 3.05) is 0 Å². The molecule has 0 spiro atoms. The summed E-state index contributed by atoms with van der Waals surface area (Å²) in [4.78, 5) is 0. The molecule has 0 saturated heterocycles. The molecule has 0 atom stereocenters. The first-order valence-corrected chi connectivity index (χ1v) is 17.3. The zero-order valence-electron chi connectivity index (χ0n) is 25.9. The van der Waals surface area contributed by atoms with Gasteiger partial charge in [-0.05, 0) is 73.8 Å². The highest BCUT2D eigenvalue weighted by atomic mass is 32.1. The Morgan fingerprint density at radius 3 is 1.69 bits per heavy atom. The smallest absolute Gasteiger partial charge is 0.0726 e. The van der Waals surface area contributed by atoms with Crippen molar-refractivity contribution in [3.63, 3.8) is 0 Å². The van der Waals surface area contributed by atoms with Crippen molar-refractivity contribution in [3.8, 4) is 16.8 Å². The van der Waals surface area contributed by atoms with Crippen molar-refractivity contribution in [2.24, 2.45) is 0 Å². The van der Waals surface area contributed by atoms with Gasteiger partial charge in [-0.25, -0.2) is 0 Å². The molecule has 2 aromatic heterocycles. The molecule has 2 heteroatoms. The van der Waals surface area contributed by atoms with E-state index in [1.807, 2.05) is 11.3 Å². The van der Waals surface area contributed by atoms with Gasteiger partial charge in [0.05, 0.1) is 15.7 Å². The Hall–Kier alpha value is -5.96. The van der Waals surface area contributed by atoms with E-state index in [9.17, 15) is 0 Å². The topological polar surface area (TPSA) is 4.93 Å². The molecule has 0 saturated carbocycles. The summed E-state index contributed by atoms with van der Waals surface area (Å²) in [6, 6.07) is 60.5. The average molecular weight is 626 g/mol. The van der Waals surface area contributed by atoms with Crippen LogP contribution in [0, 0.1) is 0 Å². The van der Waals surface area contributed by atoms with Gasteiger partial charge in [0.25, 0.3) is 0 Å². The number of rotatable bonds is 2. The molecule has 2 heterocycles. The zero-order valence-corrected chi connectivity index (χ0v) is 26.8. The van der Waals surface area contributed by atoms with E-state index in [0.29, 0.717) is 0 Å². The van der Waals surface area contributed by atoms with Gasteiger partial charge < -0.3 is 4.57 Å². The Labute approximate surface area is 280 Å². The van der Waals surface area contributed by atoms with E-state index in [4.69, 9.17) is 0 Å². The van der Waals surface area contributed by atoms with Gasteiger partial charge in [-0.2, -0.15) is 0 Å². The Balaban J connectivity index is 1.32. The maximum Gasteiger partial charge on any atom is 0.0726 e. The van der Waals surface area contributed by atoms with Crippen LogP contribution < -0.4 is 0 Å². The SMILES string of the molecule is c1ccc2cc(-c3ccc(-n4c5ccccc5c5c6c7ccccc7c7ccccc7c6c6c7ccccc7sc6c54)cc3)ccc2c1. The van der Waals surface area contributed by atoms with Crippen LogP contribution in [-0.4, -0.2) is 4.57 Å². The first-order valence-electron chi connectivity index (χ1n) is 16.5. The number of hydrogen-bond acceptors (Lipinski definition) is 1. The van der Waals surface area contributed by atoms with Crippen LogP contribution in [0.25, 0.3) is 102 Å². The Morgan fingerprint density at radius 2 is 0.938 bits per heavy atom. The molecule has 0 bridgehead atoms. The number of benzene rings is 9. The fourth-order valence-corrected chi connectivity index (χ4v) is 9.52. The molecule has 0 aliphatic heterocycles. The van der Waals surface area contributed by atoms with Crippen molar-refractivity contribution in [1.82, 2.24) is 4.57 Å². The van der Waals surface area contributed by atoms with Gasteiger partial charge in [0.2, 0.25) is 0 Å². The van der Waals surface area contributed by atoms with Crippen molar-refractivity contribution in [3.05, 3.63) is 164 Å². The van der Waals surface area contributed by atoms with Crippen LogP contribution in [0.5, 0.6) is 0 Å². The van der Waals surface area contributed by atoms with Crippen LogP contribution in [0.15, 0.2) is 164 Å². The fourth-order valence-electron chi connectivity index (χ4n) is 8.27. The summed E-state index contributed by atoms with van der Waals surface area (Å²) in [7, 11) is 0. The molecule has 11 aromatic rings. The second-order valence-electron chi connectivity index (χ2n) is 12.8. The third-order valence-electron chi connectivity index (χ3n) is 10.3.